The van der Waals surface area contributed by atoms with E-state index in [4.69, 9.17) is 4.74 Å². The topological polar surface area (TPSA) is 95.9 Å². The lowest BCUT2D eigenvalue weighted by Crippen LogP contribution is -2.45. The van der Waals surface area contributed by atoms with Crippen LogP contribution in [0.15, 0.2) is 12.2 Å². The van der Waals surface area contributed by atoms with E-state index >= 15 is 0 Å². The van der Waals surface area contributed by atoms with E-state index < -0.39 is 12.1 Å². The highest BCUT2D eigenvalue weighted by atomic mass is 16.5. The molecule has 0 aliphatic rings. The monoisotopic (exact) mass is 876 g/mol. The Morgan fingerprint density at radius 2 is 0.774 bits per heavy atom. The number of carbonyl (C=O) groups excluding carboxylic acids is 2. The van der Waals surface area contributed by atoms with Gasteiger partial charge in [0.25, 0.3) is 0 Å². The number of aliphatic hydroxyl groups is 2. The van der Waals surface area contributed by atoms with E-state index in [0.29, 0.717) is 25.9 Å². The number of amides is 1. The third-order valence-electron chi connectivity index (χ3n) is 13.1. The molecule has 0 saturated heterocycles. The Kier molecular flexibility index (Phi) is 51.0. The van der Waals surface area contributed by atoms with Gasteiger partial charge in [0, 0.05) is 12.8 Å². The van der Waals surface area contributed by atoms with E-state index in [1.807, 2.05) is 0 Å². The van der Waals surface area contributed by atoms with E-state index in [0.717, 1.165) is 70.6 Å². The summed E-state index contributed by atoms with van der Waals surface area (Å²) in [6.45, 7) is 4.88. The standard InChI is InChI=1S/C56H109NO5/c1-3-5-7-9-11-13-15-17-18-19-20-21-22-23-24-25-26-27-28-29-32-36-40-44-48-54(59)53(52-58)57-55(60)49-45-41-37-33-31-35-39-43-47-51-62-56(61)50-46-42-38-34-30-16-14-12-10-8-6-4-2/h33,37,53-54,58-59H,3-32,34-36,38-52H2,1-2H3,(H,57,60)/b37-33-. The van der Waals surface area contributed by atoms with Gasteiger partial charge < -0.3 is 20.3 Å². The molecule has 6 heteroatoms. The molecule has 0 rings (SSSR count). The Hall–Kier alpha value is -1.40. The molecule has 0 aromatic carbocycles. The van der Waals surface area contributed by atoms with Gasteiger partial charge in [0.1, 0.15) is 0 Å². The summed E-state index contributed by atoms with van der Waals surface area (Å²) in [5.41, 5.74) is 0. The van der Waals surface area contributed by atoms with Crippen LogP contribution < -0.4 is 5.32 Å². The highest BCUT2D eigenvalue weighted by molar-refractivity contribution is 5.76. The predicted molar refractivity (Wildman–Crippen MR) is 269 cm³/mol. The molecule has 0 saturated carbocycles. The first-order valence-corrected chi connectivity index (χ1v) is 27.9. The highest BCUT2D eigenvalue weighted by Crippen LogP contribution is 2.17. The molecule has 0 radical (unpaired) electrons. The van der Waals surface area contributed by atoms with Gasteiger partial charge in [-0.25, -0.2) is 0 Å². The fourth-order valence-electron chi connectivity index (χ4n) is 8.76. The zero-order valence-corrected chi connectivity index (χ0v) is 41.9. The van der Waals surface area contributed by atoms with Crippen LogP contribution in [0.5, 0.6) is 0 Å². The van der Waals surface area contributed by atoms with Crippen molar-refractivity contribution in [3.05, 3.63) is 12.2 Å². The van der Waals surface area contributed by atoms with Gasteiger partial charge in [-0.3, -0.25) is 9.59 Å². The number of ether oxygens (including phenoxy) is 1. The zero-order valence-electron chi connectivity index (χ0n) is 41.9. The summed E-state index contributed by atoms with van der Waals surface area (Å²) in [7, 11) is 0. The van der Waals surface area contributed by atoms with Crippen molar-refractivity contribution in [3.8, 4) is 0 Å². The number of hydrogen-bond acceptors (Lipinski definition) is 5. The van der Waals surface area contributed by atoms with E-state index in [-0.39, 0.29) is 18.5 Å². The maximum atomic E-state index is 12.5. The van der Waals surface area contributed by atoms with Crippen LogP contribution >= 0.6 is 0 Å². The summed E-state index contributed by atoms with van der Waals surface area (Å²) in [5.74, 6) is -0.126. The molecule has 0 aliphatic carbocycles. The molecular formula is C56H109NO5. The van der Waals surface area contributed by atoms with Crippen molar-refractivity contribution >= 4 is 11.9 Å². The lowest BCUT2D eigenvalue weighted by atomic mass is 10.0. The first-order valence-electron chi connectivity index (χ1n) is 27.9. The second-order valence-corrected chi connectivity index (χ2v) is 19.3. The Morgan fingerprint density at radius 3 is 1.18 bits per heavy atom. The molecular weight excluding hydrogens is 767 g/mol. The summed E-state index contributed by atoms with van der Waals surface area (Å²) >= 11 is 0. The summed E-state index contributed by atoms with van der Waals surface area (Å²) in [6, 6.07) is -0.578. The fourth-order valence-corrected chi connectivity index (χ4v) is 8.76. The number of carbonyl (C=O) groups is 2. The molecule has 0 fully saturated rings. The van der Waals surface area contributed by atoms with E-state index in [2.05, 4.69) is 31.3 Å². The molecule has 0 aliphatic heterocycles. The predicted octanol–water partition coefficient (Wildman–Crippen LogP) is 16.9. The van der Waals surface area contributed by atoms with Crippen LogP contribution in [0, 0.1) is 0 Å². The lowest BCUT2D eigenvalue weighted by molar-refractivity contribution is -0.143. The summed E-state index contributed by atoms with van der Waals surface area (Å²) in [5, 5.41) is 23.3. The maximum absolute atomic E-state index is 12.5. The SMILES string of the molecule is CCCCCCCCCCCCCCCCCCCCCCCCCCC(O)C(CO)NC(=O)CCC/C=C\CCCCCCOC(=O)CCCCCCCCCCCCCC. The van der Waals surface area contributed by atoms with Crippen LogP contribution in [-0.4, -0.2) is 47.4 Å². The van der Waals surface area contributed by atoms with Crippen molar-refractivity contribution in [2.45, 2.75) is 321 Å². The molecule has 368 valence electrons. The first kappa shape index (κ1) is 60.6. The summed E-state index contributed by atoms with van der Waals surface area (Å²) in [6.07, 6.45) is 60.7. The highest BCUT2D eigenvalue weighted by Gasteiger charge is 2.20. The minimum atomic E-state index is -0.695. The van der Waals surface area contributed by atoms with Crippen LogP contribution in [0.25, 0.3) is 0 Å². The number of aliphatic hydroxyl groups excluding tert-OH is 2. The Balaban J connectivity index is 3.50. The average molecular weight is 876 g/mol. The number of hydrogen-bond donors (Lipinski definition) is 3. The van der Waals surface area contributed by atoms with Gasteiger partial charge in [-0.2, -0.15) is 0 Å². The molecule has 2 unspecified atom stereocenters. The van der Waals surface area contributed by atoms with Gasteiger partial charge in [-0.1, -0.05) is 264 Å². The Morgan fingerprint density at radius 1 is 0.435 bits per heavy atom. The molecule has 0 bridgehead atoms. The summed E-state index contributed by atoms with van der Waals surface area (Å²) in [4.78, 5) is 24.5. The minimum Gasteiger partial charge on any atom is -0.466 e. The third-order valence-corrected chi connectivity index (χ3v) is 13.1. The average Bonchev–Trinajstić information content (AvgIpc) is 3.27. The molecule has 0 aromatic heterocycles. The fraction of sp³-hybridized carbons (Fsp3) is 0.929. The van der Waals surface area contributed by atoms with Crippen molar-refractivity contribution in [3.63, 3.8) is 0 Å². The smallest absolute Gasteiger partial charge is 0.305 e. The first-order chi connectivity index (χ1) is 30.5. The van der Waals surface area contributed by atoms with Crippen LogP contribution in [0.1, 0.15) is 309 Å². The van der Waals surface area contributed by atoms with Crippen LogP contribution in [0.4, 0.5) is 0 Å². The van der Waals surface area contributed by atoms with Gasteiger partial charge >= 0.3 is 5.97 Å². The van der Waals surface area contributed by atoms with Crippen LogP contribution in [-0.2, 0) is 14.3 Å². The number of esters is 1. The maximum Gasteiger partial charge on any atom is 0.305 e. The van der Waals surface area contributed by atoms with Gasteiger partial charge in [0.15, 0.2) is 0 Å². The largest absolute Gasteiger partial charge is 0.466 e. The molecule has 62 heavy (non-hydrogen) atoms. The van der Waals surface area contributed by atoms with Crippen LogP contribution in [0.2, 0.25) is 0 Å². The van der Waals surface area contributed by atoms with Gasteiger partial charge in [-0.15, -0.1) is 0 Å². The lowest BCUT2D eigenvalue weighted by Gasteiger charge is -2.22. The van der Waals surface area contributed by atoms with Gasteiger partial charge in [-0.05, 0) is 44.9 Å². The van der Waals surface area contributed by atoms with Gasteiger partial charge in [0.2, 0.25) is 5.91 Å². The minimum absolute atomic E-state index is 0.0339. The zero-order chi connectivity index (χ0) is 45.1. The van der Waals surface area contributed by atoms with Crippen LogP contribution in [0.3, 0.4) is 0 Å². The Labute approximate surface area is 387 Å². The van der Waals surface area contributed by atoms with Crippen molar-refractivity contribution in [1.82, 2.24) is 5.32 Å². The molecule has 1 amide bonds. The molecule has 3 N–H and O–H groups in total. The molecule has 0 aromatic rings. The Bertz CT molecular complexity index is 924. The van der Waals surface area contributed by atoms with Crippen molar-refractivity contribution in [1.29, 1.82) is 0 Å². The van der Waals surface area contributed by atoms with E-state index in [9.17, 15) is 19.8 Å². The summed E-state index contributed by atoms with van der Waals surface area (Å²) < 4.78 is 5.43. The number of nitrogens with one attached hydrogen (secondary N) is 1. The molecule has 2 atom stereocenters. The van der Waals surface area contributed by atoms with E-state index in [1.54, 1.807) is 0 Å². The number of unbranched alkanes of at least 4 members (excludes halogenated alkanes) is 39. The van der Waals surface area contributed by atoms with E-state index in [1.165, 1.54) is 205 Å². The number of allylic oxidation sites excluding steroid dienone is 2. The molecule has 6 nitrogen and oxygen atoms in total. The van der Waals surface area contributed by atoms with Gasteiger partial charge in [0.05, 0.1) is 25.4 Å². The third kappa shape index (κ3) is 48.1. The quantitative estimate of drug-likeness (QED) is 0.0321. The number of rotatable bonds is 52. The normalized spacial score (nSPS) is 12.6. The van der Waals surface area contributed by atoms with Crippen molar-refractivity contribution in [2.24, 2.45) is 0 Å². The van der Waals surface area contributed by atoms with Crippen molar-refractivity contribution in [2.75, 3.05) is 13.2 Å². The molecule has 0 spiro atoms. The van der Waals surface area contributed by atoms with Crippen molar-refractivity contribution < 1.29 is 24.5 Å². The second-order valence-electron chi connectivity index (χ2n) is 19.3. The molecule has 0 heterocycles. The second kappa shape index (κ2) is 52.2.